The lowest BCUT2D eigenvalue weighted by atomic mass is 10.0. The summed E-state index contributed by atoms with van der Waals surface area (Å²) in [5.41, 5.74) is 4.64. The van der Waals surface area contributed by atoms with E-state index in [2.05, 4.69) is 46.2 Å². The molecule has 6 rings (SSSR count). The zero-order valence-electron chi connectivity index (χ0n) is 20.5. The van der Waals surface area contributed by atoms with Crippen molar-refractivity contribution < 1.29 is 0 Å². The van der Waals surface area contributed by atoms with E-state index in [1.54, 1.807) is 6.07 Å². The number of benzene rings is 2. The molecule has 1 fully saturated rings. The first-order chi connectivity index (χ1) is 17.5. The number of aromatic nitrogens is 4. The molecule has 0 spiro atoms. The van der Waals surface area contributed by atoms with Crippen LogP contribution in [0.15, 0.2) is 64.2 Å². The van der Waals surface area contributed by atoms with E-state index in [0.717, 1.165) is 48.4 Å². The van der Waals surface area contributed by atoms with Gasteiger partial charge >= 0.3 is 0 Å². The monoisotopic (exact) mass is 499 g/mol. The van der Waals surface area contributed by atoms with E-state index >= 15 is 0 Å². The number of hydrogen-bond donors (Lipinski definition) is 1. The number of H-pyrrole nitrogens is 1. The van der Waals surface area contributed by atoms with Crippen LogP contribution >= 0.6 is 11.3 Å². The van der Waals surface area contributed by atoms with Crippen molar-refractivity contribution in [1.82, 2.24) is 24.2 Å². The highest BCUT2D eigenvalue weighted by Crippen LogP contribution is 2.28. The number of rotatable bonds is 5. The number of fused-ring (bicyclic) bond motifs is 2. The third-order valence-corrected chi connectivity index (χ3v) is 8.28. The first-order valence-corrected chi connectivity index (χ1v) is 13.4. The minimum absolute atomic E-state index is 0.0472. The average Bonchev–Trinajstić information content (AvgIpc) is 3.46. The molecule has 0 aliphatic carbocycles. The molecular formula is C28H29N5O2S. The predicted octanol–water partition coefficient (Wildman–Crippen LogP) is 4.80. The molecule has 0 atom stereocenters. The van der Waals surface area contributed by atoms with Crippen LogP contribution < -0.4 is 11.1 Å². The Kier molecular flexibility index (Phi) is 5.85. The Balaban J connectivity index is 1.32. The Bertz CT molecular complexity index is 1630. The van der Waals surface area contributed by atoms with Crippen molar-refractivity contribution in [1.29, 1.82) is 0 Å². The third kappa shape index (κ3) is 4.00. The van der Waals surface area contributed by atoms with Crippen molar-refractivity contribution in [3.8, 4) is 5.13 Å². The molecule has 3 aromatic heterocycles. The average molecular weight is 500 g/mol. The van der Waals surface area contributed by atoms with Gasteiger partial charge in [-0.15, -0.1) is 0 Å². The molecule has 0 saturated carbocycles. The molecule has 1 aliphatic heterocycles. The van der Waals surface area contributed by atoms with Gasteiger partial charge in [0, 0.05) is 37.4 Å². The summed E-state index contributed by atoms with van der Waals surface area (Å²) in [7, 11) is 0. The van der Waals surface area contributed by atoms with Gasteiger partial charge in [-0.05, 0) is 43.9 Å². The number of nitrogens with one attached hydrogen (secondary N) is 1. The predicted molar refractivity (Wildman–Crippen MR) is 145 cm³/mol. The second-order valence-corrected chi connectivity index (χ2v) is 10.7. The number of likely N-dealkylation sites (tertiary alicyclic amines) is 1. The highest BCUT2D eigenvalue weighted by Gasteiger charge is 2.26. The number of nitrogens with zero attached hydrogens (tertiary/aromatic N) is 4. The van der Waals surface area contributed by atoms with Crippen LogP contribution in [0.25, 0.3) is 26.3 Å². The maximum atomic E-state index is 13.6. The van der Waals surface area contributed by atoms with Gasteiger partial charge in [-0.25, -0.2) is 4.98 Å². The van der Waals surface area contributed by atoms with E-state index < -0.39 is 0 Å². The largest absolute Gasteiger partial charge is 0.309 e. The van der Waals surface area contributed by atoms with E-state index in [4.69, 9.17) is 0 Å². The molecule has 0 amide bonds. The zero-order valence-corrected chi connectivity index (χ0v) is 21.3. The Labute approximate surface area is 212 Å². The maximum absolute atomic E-state index is 13.6. The van der Waals surface area contributed by atoms with Gasteiger partial charge in [-0.1, -0.05) is 60.2 Å². The normalized spacial score (nSPS) is 15.3. The molecule has 0 bridgehead atoms. The van der Waals surface area contributed by atoms with E-state index in [1.807, 2.05) is 35.8 Å². The summed E-state index contributed by atoms with van der Waals surface area (Å²) in [6, 6.07) is 18.2. The number of piperidine rings is 1. The van der Waals surface area contributed by atoms with Crippen LogP contribution in [-0.4, -0.2) is 37.3 Å². The molecule has 184 valence electrons. The van der Waals surface area contributed by atoms with E-state index in [0.29, 0.717) is 22.5 Å². The minimum atomic E-state index is -0.147. The summed E-state index contributed by atoms with van der Waals surface area (Å²) < 4.78 is 4.40. The molecule has 1 saturated heterocycles. The van der Waals surface area contributed by atoms with Crippen molar-refractivity contribution in [2.75, 3.05) is 13.1 Å². The fourth-order valence-electron chi connectivity index (χ4n) is 5.41. The molecular weight excluding hydrogens is 470 g/mol. The van der Waals surface area contributed by atoms with Gasteiger partial charge in [-0.3, -0.25) is 19.6 Å². The van der Waals surface area contributed by atoms with Crippen LogP contribution in [0.4, 0.5) is 0 Å². The lowest BCUT2D eigenvalue weighted by molar-refractivity contribution is 0.176. The topological polar surface area (TPSA) is 75.9 Å². The van der Waals surface area contributed by atoms with Crippen molar-refractivity contribution in [3.05, 3.63) is 92.1 Å². The first-order valence-electron chi connectivity index (χ1n) is 12.5. The minimum Gasteiger partial charge on any atom is -0.309 e. The molecule has 0 unspecified atom stereocenters. The smallest absolute Gasteiger partial charge is 0.282 e. The Morgan fingerprint density at radius 1 is 1.06 bits per heavy atom. The number of aryl methyl sites for hydroxylation is 2. The summed E-state index contributed by atoms with van der Waals surface area (Å²) in [4.78, 5) is 34.0. The summed E-state index contributed by atoms with van der Waals surface area (Å²) >= 11 is 1.46. The van der Waals surface area contributed by atoms with Crippen molar-refractivity contribution in [3.63, 3.8) is 0 Å². The van der Waals surface area contributed by atoms with Gasteiger partial charge in [-0.2, -0.15) is 4.68 Å². The van der Waals surface area contributed by atoms with Crippen molar-refractivity contribution in [2.24, 2.45) is 0 Å². The Morgan fingerprint density at radius 2 is 1.81 bits per heavy atom. The van der Waals surface area contributed by atoms with Gasteiger partial charge in [0.1, 0.15) is 0 Å². The second kappa shape index (κ2) is 9.19. The highest BCUT2D eigenvalue weighted by atomic mass is 32.1. The van der Waals surface area contributed by atoms with E-state index in [-0.39, 0.29) is 17.2 Å². The first kappa shape index (κ1) is 22.9. The van der Waals surface area contributed by atoms with Gasteiger partial charge in [0.05, 0.1) is 21.1 Å². The summed E-state index contributed by atoms with van der Waals surface area (Å²) in [5.74, 6) is 0. The quantitative estimate of drug-likeness (QED) is 0.377. The fourth-order valence-corrected chi connectivity index (χ4v) is 6.33. The summed E-state index contributed by atoms with van der Waals surface area (Å²) in [5, 5.41) is 4.34. The lowest BCUT2D eigenvalue weighted by Gasteiger charge is -2.34. The van der Waals surface area contributed by atoms with E-state index in [1.165, 1.54) is 27.1 Å². The van der Waals surface area contributed by atoms with Crippen LogP contribution in [0.3, 0.4) is 0 Å². The highest BCUT2D eigenvalue weighted by molar-refractivity contribution is 7.20. The number of pyridine rings is 1. The standard InChI is InChI=1S/C28H29N5O2S/c1-3-23-26-22(30-33(27(26)35)28-29-21-6-4-5-7-24(21)36-28)16-25(34)32(23)20-12-14-31(15-13-20)17-19-10-8-18(2)9-11-19/h4-11,16,20,30H,3,12-15,17H2,1-2H3. The van der Waals surface area contributed by atoms with Crippen LogP contribution in [-0.2, 0) is 13.0 Å². The summed E-state index contributed by atoms with van der Waals surface area (Å²) in [6.07, 6.45) is 2.39. The number of hydrogen-bond acceptors (Lipinski definition) is 5. The Morgan fingerprint density at radius 3 is 2.53 bits per heavy atom. The molecule has 36 heavy (non-hydrogen) atoms. The molecule has 4 heterocycles. The molecule has 0 radical (unpaired) electrons. The molecule has 7 nitrogen and oxygen atoms in total. The number of thiazole rings is 1. The van der Waals surface area contributed by atoms with Crippen LogP contribution in [0.5, 0.6) is 0 Å². The number of aromatic amines is 1. The summed E-state index contributed by atoms with van der Waals surface area (Å²) in [6.45, 7) is 6.90. The molecule has 5 aromatic rings. The fraction of sp³-hybridized carbons (Fsp3) is 0.321. The third-order valence-electron chi connectivity index (χ3n) is 7.26. The second-order valence-electron chi connectivity index (χ2n) is 9.65. The van der Waals surface area contributed by atoms with Crippen molar-refractivity contribution >= 4 is 32.5 Å². The van der Waals surface area contributed by atoms with Crippen LogP contribution in [0.2, 0.25) is 0 Å². The van der Waals surface area contributed by atoms with Gasteiger partial charge in [0.25, 0.3) is 11.1 Å². The van der Waals surface area contributed by atoms with Crippen LogP contribution in [0.1, 0.15) is 42.6 Å². The van der Waals surface area contributed by atoms with Gasteiger partial charge < -0.3 is 4.57 Å². The van der Waals surface area contributed by atoms with Crippen LogP contribution in [0, 0.1) is 6.92 Å². The van der Waals surface area contributed by atoms with Crippen molar-refractivity contribution in [2.45, 2.75) is 45.7 Å². The van der Waals surface area contributed by atoms with Gasteiger partial charge in [0.15, 0.2) is 0 Å². The molecule has 1 N–H and O–H groups in total. The van der Waals surface area contributed by atoms with Gasteiger partial charge in [0.2, 0.25) is 5.13 Å². The lowest BCUT2D eigenvalue weighted by Crippen LogP contribution is -2.38. The number of para-hydroxylation sites is 1. The maximum Gasteiger partial charge on any atom is 0.282 e. The zero-order chi connectivity index (χ0) is 24.8. The molecule has 1 aliphatic rings. The Hall–Kier alpha value is -3.49. The SMILES string of the molecule is CCc1c2c(=O)n(-c3nc4ccccc4s3)[nH]c2cc(=O)n1C1CCN(Cc2ccc(C)cc2)CC1. The molecule has 2 aromatic carbocycles. The molecule has 8 heteroatoms. The van der Waals surface area contributed by atoms with E-state index in [9.17, 15) is 9.59 Å².